The monoisotopic (exact) mass is 360 g/mol. The largest absolute Gasteiger partial charge is 0.0625 e. The highest BCUT2D eigenvalue weighted by Crippen LogP contribution is 2.59. The lowest BCUT2D eigenvalue weighted by molar-refractivity contribution is 0.00237. The molecule has 0 aromatic heterocycles. The van der Waals surface area contributed by atoms with Crippen LogP contribution in [0.5, 0.6) is 0 Å². The molecule has 0 bridgehead atoms. The molecule has 0 aliphatic heterocycles. The molecule has 0 aromatic rings. The van der Waals surface area contributed by atoms with Gasteiger partial charge in [0.1, 0.15) is 0 Å². The molecule has 0 N–H and O–H groups in total. The molecular weight excluding hydrogens is 312 g/mol. The Hall–Kier alpha value is 0. The van der Waals surface area contributed by atoms with Crippen molar-refractivity contribution in [1.29, 1.82) is 0 Å². The van der Waals surface area contributed by atoms with Crippen molar-refractivity contribution in [1.82, 2.24) is 0 Å². The van der Waals surface area contributed by atoms with Gasteiger partial charge in [0.05, 0.1) is 0 Å². The molecule has 0 heteroatoms. The zero-order valence-corrected chi connectivity index (χ0v) is 19.2. The van der Waals surface area contributed by atoms with Crippen LogP contribution < -0.4 is 0 Å². The van der Waals surface area contributed by atoms with E-state index >= 15 is 0 Å². The van der Waals surface area contributed by atoms with Crippen molar-refractivity contribution in [3.05, 3.63) is 0 Å². The summed E-state index contributed by atoms with van der Waals surface area (Å²) in [6, 6.07) is 0. The Morgan fingerprint density at radius 2 is 0.731 bits per heavy atom. The standard InChI is InChI=1S/C16H30.C10H18/c1-8-9(2)12(5)16-14(7)10(3)13(6)15(16)11(8)4;1-8-6-9-4-2-3-5-10(9)7-8/h8-16H,1-7H3;8-10H,2-7H2,1H3. The predicted molar refractivity (Wildman–Crippen MR) is 115 cm³/mol. The molecule has 26 heavy (non-hydrogen) atoms. The van der Waals surface area contributed by atoms with E-state index < -0.39 is 0 Å². The second-order valence-corrected chi connectivity index (χ2v) is 11.5. The van der Waals surface area contributed by atoms with E-state index in [1.54, 1.807) is 25.7 Å². The second-order valence-electron chi connectivity index (χ2n) is 11.5. The molecule has 0 amide bonds. The normalized spacial score (nSPS) is 56.3. The number of fused-ring (bicyclic) bond motifs is 2. The van der Waals surface area contributed by atoms with Crippen molar-refractivity contribution in [3.63, 3.8) is 0 Å². The van der Waals surface area contributed by atoms with Gasteiger partial charge in [-0.15, -0.1) is 0 Å². The van der Waals surface area contributed by atoms with Gasteiger partial charge in [0.25, 0.3) is 0 Å². The lowest BCUT2D eigenvalue weighted by Crippen LogP contribution is -2.42. The molecule has 10 atom stereocenters. The summed E-state index contributed by atoms with van der Waals surface area (Å²) in [6.07, 6.45) is 9.24. The molecular formula is C26H48. The number of rotatable bonds is 0. The zero-order valence-electron chi connectivity index (χ0n) is 19.2. The van der Waals surface area contributed by atoms with Gasteiger partial charge in [0.2, 0.25) is 0 Å². The van der Waals surface area contributed by atoms with Crippen molar-refractivity contribution in [2.75, 3.05) is 0 Å². The predicted octanol–water partition coefficient (Wildman–Crippen LogP) is 7.92. The fourth-order valence-corrected chi connectivity index (χ4v) is 8.23. The van der Waals surface area contributed by atoms with Crippen LogP contribution in [0.4, 0.5) is 0 Å². The van der Waals surface area contributed by atoms with Crippen LogP contribution in [0.1, 0.15) is 93.9 Å². The minimum Gasteiger partial charge on any atom is -0.0625 e. The van der Waals surface area contributed by atoms with E-state index in [-0.39, 0.29) is 0 Å². The number of hydrogen-bond donors (Lipinski definition) is 0. The molecule has 4 rings (SSSR count). The smallest absolute Gasteiger partial charge is 0.0324 e. The topological polar surface area (TPSA) is 0 Å². The van der Waals surface area contributed by atoms with E-state index in [4.69, 9.17) is 0 Å². The molecule has 152 valence electrons. The van der Waals surface area contributed by atoms with Crippen molar-refractivity contribution < 1.29 is 0 Å². The van der Waals surface area contributed by atoms with Gasteiger partial charge in [-0.1, -0.05) is 81.1 Å². The summed E-state index contributed by atoms with van der Waals surface area (Å²) in [4.78, 5) is 0. The Kier molecular flexibility index (Phi) is 6.51. The Labute approximate surface area is 165 Å². The summed E-state index contributed by atoms with van der Waals surface area (Å²) in [7, 11) is 0. The van der Waals surface area contributed by atoms with Gasteiger partial charge in [0, 0.05) is 0 Å². The third-order valence-corrected chi connectivity index (χ3v) is 10.5. The van der Waals surface area contributed by atoms with Crippen LogP contribution in [0.2, 0.25) is 0 Å². The van der Waals surface area contributed by atoms with E-state index in [1.165, 1.54) is 12.8 Å². The van der Waals surface area contributed by atoms with Crippen LogP contribution in [0, 0.1) is 71.0 Å². The summed E-state index contributed by atoms with van der Waals surface area (Å²) >= 11 is 0. The first-order chi connectivity index (χ1) is 12.2. The maximum Gasteiger partial charge on any atom is -0.0324 e. The van der Waals surface area contributed by atoms with Crippen LogP contribution >= 0.6 is 0 Å². The van der Waals surface area contributed by atoms with Crippen LogP contribution in [0.15, 0.2) is 0 Å². The Morgan fingerprint density at radius 3 is 1.08 bits per heavy atom. The van der Waals surface area contributed by atoms with E-state index in [2.05, 4.69) is 55.4 Å². The first kappa shape index (κ1) is 20.7. The highest BCUT2D eigenvalue weighted by Gasteiger charge is 2.53. The lowest BCUT2D eigenvalue weighted by Gasteiger charge is -2.48. The van der Waals surface area contributed by atoms with Crippen molar-refractivity contribution in [2.24, 2.45) is 71.0 Å². The fraction of sp³-hybridized carbons (Fsp3) is 1.00. The van der Waals surface area contributed by atoms with Gasteiger partial charge in [0.15, 0.2) is 0 Å². The first-order valence-corrected chi connectivity index (χ1v) is 12.2. The highest BCUT2D eigenvalue weighted by atomic mass is 14.6. The maximum atomic E-state index is 2.52. The molecule has 0 aromatic carbocycles. The van der Waals surface area contributed by atoms with Gasteiger partial charge in [-0.2, -0.15) is 0 Å². The fourth-order valence-electron chi connectivity index (χ4n) is 8.23. The third-order valence-electron chi connectivity index (χ3n) is 10.5. The van der Waals surface area contributed by atoms with E-state index in [1.807, 2.05) is 0 Å². The van der Waals surface area contributed by atoms with Gasteiger partial charge in [-0.05, 0) is 83.9 Å². The molecule has 4 saturated carbocycles. The van der Waals surface area contributed by atoms with Crippen molar-refractivity contribution in [2.45, 2.75) is 93.9 Å². The zero-order chi connectivity index (χ0) is 19.2. The second kappa shape index (κ2) is 8.16. The first-order valence-electron chi connectivity index (χ1n) is 12.2. The van der Waals surface area contributed by atoms with Gasteiger partial charge in [-0.25, -0.2) is 0 Å². The molecule has 10 unspecified atom stereocenters. The maximum absolute atomic E-state index is 2.52. The Balaban J connectivity index is 0.000000167. The number of hydrogen-bond acceptors (Lipinski definition) is 0. The van der Waals surface area contributed by atoms with Gasteiger partial charge >= 0.3 is 0 Å². The Bertz CT molecular complexity index is 413. The lowest BCUT2D eigenvalue weighted by atomic mass is 9.57. The van der Waals surface area contributed by atoms with Gasteiger partial charge in [-0.3, -0.25) is 0 Å². The molecule has 4 aliphatic carbocycles. The summed E-state index contributed by atoms with van der Waals surface area (Å²) < 4.78 is 0. The van der Waals surface area contributed by atoms with Crippen LogP contribution in [-0.2, 0) is 0 Å². The summed E-state index contributed by atoms with van der Waals surface area (Å²) in [5, 5.41) is 0. The summed E-state index contributed by atoms with van der Waals surface area (Å²) in [6.45, 7) is 20.0. The third kappa shape index (κ3) is 3.65. The average molecular weight is 361 g/mol. The molecule has 4 fully saturated rings. The SMILES string of the molecule is CC1C(C)C(C)C2C(C)C(C)C(C)C2C1C.CC1CC2CCCCC2C1. The van der Waals surface area contributed by atoms with Crippen molar-refractivity contribution in [3.8, 4) is 0 Å². The van der Waals surface area contributed by atoms with E-state index in [9.17, 15) is 0 Å². The quantitative estimate of drug-likeness (QED) is 0.411. The Morgan fingerprint density at radius 1 is 0.423 bits per heavy atom. The van der Waals surface area contributed by atoms with E-state index in [0.29, 0.717) is 0 Å². The molecule has 0 saturated heterocycles. The molecule has 4 aliphatic rings. The highest BCUT2D eigenvalue weighted by molar-refractivity contribution is 5.01. The minimum atomic E-state index is 0.913. The van der Waals surface area contributed by atoms with Crippen LogP contribution in [0.25, 0.3) is 0 Å². The van der Waals surface area contributed by atoms with Gasteiger partial charge < -0.3 is 0 Å². The molecule has 0 heterocycles. The van der Waals surface area contributed by atoms with Crippen LogP contribution in [0.3, 0.4) is 0 Å². The molecule has 0 radical (unpaired) electrons. The van der Waals surface area contributed by atoms with E-state index in [0.717, 1.165) is 71.0 Å². The van der Waals surface area contributed by atoms with Crippen LogP contribution in [-0.4, -0.2) is 0 Å². The molecule has 0 spiro atoms. The summed E-state index contributed by atoms with van der Waals surface area (Å²) in [5.74, 6) is 11.8. The molecule has 0 nitrogen and oxygen atoms in total. The summed E-state index contributed by atoms with van der Waals surface area (Å²) in [5.41, 5.74) is 0. The van der Waals surface area contributed by atoms with Crippen molar-refractivity contribution >= 4 is 0 Å². The average Bonchev–Trinajstić information content (AvgIpc) is 3.10. The minimum absolute atomic E-state index is 0.913.